The van der Waals surface area contributed by atoms with Crippen LogP contribution in [0.25, 0.3) is 5.76 Å². The highest BCUT2D eigenvalue weighted by Crippen LogP contribution is 2.52. The molecule has 1 fully saturated rings. The van der Waals surface area contributed by atoms with Crippen LogP contribution in [0.2, 0.25) is 0 Å². The number of cyclic esters (lactones) is 1. The van der Waals surface area contributed by atoms with E-state index in [1.165, 1.54) is 18.4 Å². The highest BCUT2D eigenvalue weighted by molar-refractivity contribution is 9.10. The largest absolute Gasteiger partial charge is 0.426 e. The van der Waals surface area contributed by atoms with Gasteiger partial charge in [0.25, 0.3) is 0 Å². The van der Waals surface area contributed by atoms with Crippen LogP contribution in [0.3, 0.4) is 0 Å². The van der Waals surface area contributed by atoms with Crippen LogP contribution in [0.5, 0.6) is 0 Å². The molecule has 1 heterocycles. The summed E-state index contributed by atoms with van der Waals surface area (Å²) in [6.45, 7) is 0. The molecule has 4 rings (SSSR count). The molecular formula is C23H23BrO2. The van der Waals surface area contributed by atoms with Gasteiger partial charge < -0.3 is 4.74 Å². The van der Waals surface area contributed by atoms with E-state index in [1.54, 1.807) is 0 Å². The first-order valence-corrected chi connectivity index (χ1v) is 10.2. The minimum atomic E-state index is -0.428. The molecule has 0 bridgehead atoms. The maximum Gasteiger partial charge on any atom is 0.318 e. The molecule has 0 saturated heterocycles. The third kappa shape index (κ3) is 3.25. The van der Waals surface area contributed by atoms with Crippen molar-refractivity contribution in [1.29, 1.82) is 0 Å². The van der Waals surface area contributed by atoms with Gasteiger partial charge in [-0.05, 0) is 36.6 Å². The number of carbonyl (C=O) groups excluding carboxylic acids is 1. The predicted molar refractivity (Wildman–Crippen MR) is 108 cm³/mol. The van der Waals surface area contributed by atoms with Crippen molar-refractivity contribution in [2.24, 2.45) is 5.41 Å². The normalized spacial score (nSPS) is 22.4. The van der Waals surface area contributed by atoms with E-state index in [4.69, 9.17) is 4.74 Å². The molecule has 2 aromatic rings. The number of allylic oxidation sites excluding steroid dienone is 1. The molecule has 1 atom stereocenters. The molecule has 1 aliphatic heterocycles. The summed E-state index contributed by atoms with van der Waals surface area (Å²) < 4.78 is 6.97. The summed E-state index contributed by atoms with van der Waals surface area (Å²) in [6, 6.07) is 18.4. The molecule has 0 amide bonds. The number of esters is 1. The van der Waals surface area contributed by atoms with Gasteiger partial charge in [-0.3, -0.25) is 4.79 Å². The van der Waals surface area contributed by atoms with Gasteiger partial charge in [0.1, 0.15) is 5.76 Å². The molecule has 1 spiro atoms. The molecule has 2 nitrogen and oxygen atoms in total. The van der Waals surface area contributed by atoms with E-state index in [2.05, 4.69) is 46.3 Å². The summed E-state index contributed by atoms with van der Waals surface area (Å²) in [5.41, 5.74) is 1.73. The SMILES string of the molecule is O=C1OC(c2ccccc2)=CC(c2ccc(Br)cc2)C12CCCCCC2. The highest BCUT2D eigenvalue weighted by Gasteiger charge is 2.49. The Morgan fingerprint density at radius 1 is 0.885 bits per heavy atom. The molecule has 1 aliphatic carbocycles. The van der Waals surface area contributed by atoms with Gasteiger partial charge in [0.05, 0.1) is 5.41 Å². The summed E-state index contributed by atoms with van der Waals surface area (Å²) in [7, 11) is 0. The molecule has 134 valence electrons. The van der Waals surface area contributed by atoms with Gasteiger partial charge in [-0.2, -0.15) is 0 Å². The van der Waals surface area contributed by atoms with Gasteiger partial charge >= 0.3 is 5.97 Å². The van der Waals surface area contributed by atoms with Crippen LogP contribution >= 0.6 is 15.9 Å². The number of rotatable bonds is 2. The zero-order valence-electron chi connectivity index (χ0n) is 14.8. The zero-order valence-corrected chi connectivity index (χ0v) is 16.4. The number of halogens is 1. The lowest BCUT2D eigenvalue weighted by Crippen LogP contribution is -2.40. The van der Waals surface area contributed by atoms with Gasteiger partial charge in [-0.25, -0.2) is 0 Å². The molecule has 1 saturated carbocycles. The monoisotopic (exact) mass is 410 g/mol. The van der Waals surface area contributed by atoms with E-state index in [-0.39, 0.29) is 11.9 Å². The molecule has 3 heteroatoms. The fraction of sp³-hybridized carbons (Fsp3) is 0.348. The average Bonchev–Trinajstić information content (AvgIpc) is 2.92. The first-order chi connectivity index (χ1) is 12.7. The second kappa shape index (κ2) is 7.40. The third-order valence-electron chi connectivity index (χ3n) is 5.81. The Kier molecular flexibility index (Phi) is 4.99. The van der Waals surface area contributed by atoms with Gasteiger partial charge in [0.2, 0.25) is 0 Å². The predicted octanol–water partition coefficient (Wildman–Crippen LogP) is 6.47. The minimum absolute atomic E-state index is 0.0475. The first-order valence-electron chi connectivity index (χ1n) is 9.44. The number of carbonyl (C=O) groups is 1. The third-order valence-corrected chi connectivity index (χ3v) is 6.33. The second-order valence-electron chi connectivity index (χ2n) is 7.39. The van der Waals surface area contributed by atoms with Crippen molar-refractivity contribution in [1.82, 2.24) is 0 Å². The van der Waals surface area contributed by atoms with Crippen LogP contribution in [0, 0.1) is 5.41 Å². The van der Waals surface area contributed by atoms with E-state index < -0.39 is 5.41 Å². The smallest absolute Gasteiger partial charge is 0.318 e. The molecular weight excluding hydrogens is 388 g/mol. The van der Waals surface area contributed by atoms with Crippen molar-refractivity contribution in [3.63, 3.8) is 0 Å². The average molecular weight is 411 g/mol. The van der Waals surface area contributed by atoms with Gasteiger partial charge in [-0.1, -0.05) is 84.1 Å². The Bertz CT molecular complexity index is 800. The Balaban J connectivity index is 1.82. The van der Waals surface area contributed by atoms with Gasteiger partial charge in [-0.15, -0.1) is 0 Å². The summed E-state index contributed by atoms with van der Waals surface area (Å²) in [5.74, 6) is 0.706. The fourth-order valence-electron chi connectivity index (χ4n) is 4.39. The topological polar surface area (TPSA) is 26.3 Å². The zero-order chi connectivity index (χ0) is 18.0. The highest BCUT2D eigenvalue weighted by atomic mass is 79.9. The Morgan fingerprint density at radius 3 is 2.19 bits per heavy atom. The number of benzene rings is 2. The summed E-state index contributed by atoms with van der Waals surface area (Å²) in [4.78, 5) is 13.3. The van der Waals surface area contributed by atoms with Gasteiger partial charge in [0, 0.05) is 16.0 Å². The number of ether oxygens (including phenoxy) is 1. The van der Waals surface area contributed by atoms with Crippen LogP contribution in [-0.4, -0.2) is 5.97 Å². The molecule has 1 unspecified atom stereocenters. The Morgan fingerprint density at radius 2 is 1.54 bits per heavy atom. The molecule has 0 N–H and O–H groups in total. The maximum absolute atomic E-state index is 13.3. The summed E-state index contributed by atoms with van der Waals surface area (Å²) in [6.07, 6.45) is 8.60. The molecule has 26 heavy (non-hydrogen) atoms. The van der Waals surface area contributed by atoms with E-state index in [9.17, 15) is 4.79 Å². The van der Waals surface area contributed by atoms with E-state index in [0.29, 0.717) is 5.76 Å². The quantitative estimate of drug-likeness (QED) is 0.530. The molecule has 0 aromatic heterocycles. The summed E-state index contributed by atoms with van der Waals surface area (Å²) in [5, 5.41) is 0. The van der Waals surface area contributed by atoms with Gasteiger partial charge in [0.15, 0.2) is 0 Å². The van der Waals surface area contributed by atoms with Crippen molar-refractivity contribution in [3.05, 3.63) is 76.3 Å². The van der Waals surface area contributed by atoms with Crippen LogP contribution < -0.4 is 0 Å². The van der Waals surface area contributed by atoms with Crippen molar-refractivity contribution in [2.45, 2.75) is 44.4 Å². The molecule has 2 aliphatic rings. The van der Waals surface area contributed by atoms with Crippen LogP contribution in [0.1, 0.15) is 55.6 Å². The minimum Gasteiger partial charge on any atom is -0.426 e. The van der Waals surface area contributed by atoms with Crippen molar-refractivity contribution < 1.29 is 9.53 Å². The second-order valence-corrected chi connectivity index (χ2v) is 8.30. The maximum atomic E-state index is 13.3. The van der Waals surface area contributed by atoms with Crippen LogP contribution in [0.4, 0.5) is 0 Å². The first kappa shape index (κ1) is 17.5. The van der Waals surface area contributed by atoms with E-state index >= 15 is 0 Å². The Hall–Kier alpha value is -1.87. The fourth-order valence-corrected chi connectivity index (χ4v) is 4.66. The van der Waals surface area contributed by atoms with Crippen molar-refractivity contribution in [2.75, 3.05) is 0 Å². The standard InChI is InChI=1S/C23H23BrO2/c24-19-12-10-17(11-13-19)20-16-21(18-8-4-3-5-9-18)26-22(25)23(20)14-6-1-2-7-15-23/h3-5,8-13,16,20H,1-2,6-7,14-15H2. The number of hydrogen-bond acceptors (Lipinski definition) is 2. The lowest BCUT2D eigenvalue weighted by atomic mass is 9.66. The molecule has 2 aromatic carbocycles. The lowest BCUT2D eigenvalue weighted by molar-refractivity contribution is -0.151. The Labute approximate surface area is 163 Å². The lowest BCUT2D eigenvalue weighted by Gasteiger charge is -2.40. The van der Waals surface area contributed by atoms with Crippen LogP contribution in [0.15, 0.2) is 65.1 Å². The van der Waals surface area contributed by atoms with E-state index in [0.717, 1.165) is 35.7 Å². The number of hydrogen-bond donors (Lipinski definition) is 0. The van der Waals surface area contributed by atoms with Crippen molar-refractivity contribution >= 4 is 27.7 Å². The van der Waals surface area contributed by atoms with E-state index in [1.807, 2.05) is 30.3 Å². The van der Waals surface area contributed by atoms with Crippen LogP contribution in [-0.2, 0) is 9.53 Å². The summed E-state index contributed by atoms with van der Waals surface area (Å²) >= 11 is 3.52. The van der Waals surface area contributed by atoms with Crippen molar-refractivity contribution in [3.8, 4) is 0 Å². The molecule has 0 radical (unpaired) electrons.